The van der Waals surface area contributed by atoms with Crippen molar-refractivity contribution < 1.29 is 29.6 Å². The third-order valence-electron chi connectivity index (χ3n) is 5.61. The van der Waals surface area contributed by atoms with Crippen molar-refractivity contribution in [2.24, 2.45) is 0 Å². The number of carboxylic acid groups (broad SMARTS) is 2. The van der Waals surface area contributed by atoms with Gasteiger partial charge in [-0.25, -0.2) is 9.59 Å². The van der Waals surface area contributed by atoms with Crippen molar-refractivity contribution in [3.05, 3.63) is 65.7 Å². The first kappa shape index (κ1) is 26.3. The molecule has 1 saturated heterocycles. The van der Waals surface area contributed by atoms with Crippen molar-refractivity contribution in [3.8, 4) is 5.75 Å². The van der Waals surface area contributed by atoms with Crippen LogP contribution in [0, 0.1) is 0 Å². The lowest BCUT2D eigenvalue weighted by Gasteiger charge is -2.37. The molecule has 0 aliphatic carbocycles. The van der Waals surface area contributed by atoms with E-state index in [2.05, 4.69) is 52.3 Å². The summed E-state index contributed by atoms with van der Waals surface area (Å²) >= 11 is 1.83. The molecule has 0 bridgehead atoms. The van der Waals surface area contributed by atoms with Crippen molar-refractivity contribution in [3.63, 3.8) is 0 Å². The molecule has 2 aliphatic heterocycles. The lowest BCUT2D eigenvalue weighted by molar-refractivity contribution is -0.134. The number of fused-ring (bicyclic) bond motifs is 2. The van der Waals surface area contributed by atoms with Gasteiger partial charge in [0.15, 0.2) is 0 Å². The first-order valence-electron chi connectivity index (χ1n) is 11.3. The monoisotopic (exact) mass is 498 g/mol. The Hall–Kier alpha value is -3.27. The first-order chi connectivity index (χ1) is 16.9. The van der Waals surface area contributed by atoms with Gasteiger partial charge in [0.25, 0.3) is 0 Å². The first-order valence-corrected chi connectivity index (χ1v) is 12.1. The summed E-state index contributed by atoms with van der Waals surface area (Å²) in [6.07, 6.45) is 4.30. The number of aliphatic carboxylic acids is 2. The number of benzene rings is 2. The Balaban J connectivity index is 0.000000371. The van der Waals surface area contributed by atoms with Crippen LogP contribution in [0.15, 0.2) is 64.4 Å². The fourth-order valence-electron chi connectivity index (χ4n) is 3.87. The molecule has 2 aromatic rings. The SMILES string of the molecule is COc1ccc2c(c1)C(N1CCN(CCCO)CC1)=Cc1ccccc1S2.O=C(O)/C=C\C(=O)O. The van der Waals surface area contributed by atoms with Gasteiger partial charge in [0.05, 0.1) is 7.11 Å². The zero-order valence-electron chi connectivity index (χ0n) is 19.6. The van der Waals surface area contributed by atoms with Crippen LogP contribution in [0.3, 0.4) is 0 Å². The second-order valence-electron chi connectivity index (χ2n) is 7.95. The summed E-state index contributed by atoms with van der Waals surface area (Å²) in [4.78, 5) is 26.6. The summed E-state index contributed by atoms with van der Waals surface area (Å²) < 4.78 is 5.51. The molecule has 4 rings (SSSR count). The van der Waals surface area contributed by atoms with Gasteiger partial charge in [0.2, 0.25) is 0 Å². The number of aliphatic hydroxyl groups is 1. The van der Waals surface area contributed by atoms with E-state index in [1.165, 1.54) is 26.6 Å². The third kappa shape index (κ3) is 7.61. The van der Waals surface area contributed by atoms with E-state index in [0.717, 1.165) is 44.9 Å². The Labute approximate surface area is 209 Å². The largest absolute Gasteiger partial charge is 0.497 e. The van der Waals surface area contributed by atoms with E-state index in [4.69, 9.17) is 20.1 Å². The van der Waals surface area contributed by atoms with Crippen LogP contribution in [0.4, 0.5) is 0 Å². The molecule has 2 heterocycles. The molecule has 35 heavy (non-hydrogen) atoms. The molecule has 0 spiro atoms. The molecule has 1 fully saturated rings. The van der Waals surface area contributed by atoms with Crippen molar-refractivity contribution in [1.29, 1.82) is 0 Å². The Morgan fingerprint density at radius 3 is 2.31 bits per heavy atom. The maximum absolute atomic E-state index is 9.55. The van der Waals surface area contributed by atoms with E-state index in [-0.39, 0.29) is 6.61 Å². The van der Waals surface area contributed by atoms with E-state index in [1.54, 1.807) is 7.11 Å². The molecule has 2 aromatic carbocycles. The predicted octanol–water partition coefficient (Wildman–Crippen LogP) is 3.37. The van der Waals surface area contributed by atoms with Crippen LogP contribution in [0.2, 0.25) is 0 Å². The average Bonchev–Trinajstić information content (AvgIpc) is 3.03. The number of hydrogen-bond donors (Lipinski definition) is 3. The summed E-state index contributed by atoms with van der Waals surface area (Å²) in [6, 6.07) is 15.0. The summed E-state index contributed by atoms with van der Waals surface area (Å²) in [5.74, 6) is -1.62. The van der Waals surface area contributed by atoms with Crippen LogP contribution in [0.25, 0.3) is 11.8 Å². The second-order valence-corrected chi connectivity index (χ2v) is 9.03. The van der Waals surface area contributed by atoms with Gasteiger partial charge in [-0.05, 0) is 42.3 Å². The molecule has 8 nitrogen and oxygen atoms in total. The minimum absolute atomic E-state index is 0.270. The quantitative estimate of drug-likeness (QED) is 0.495. The summed E-state index contributed by atoms with van der Waals surface area (Å²) in [5, 5.41) is 24.7. The van der Waals surface area contributed by atoms with Gasteiger partial charge in [0.1, 0.15) is 5.75 Å². The summed E-state index contributed by atoms with van der Waals surface area (Å²) in [7, 11) is 1.73. The molecule has 3 N–H and O–H groups in total. The van der Waals surface area contributed by atoms with Crippen LogP contribution in [-0.2, 0) is 9.59 Å². The number of aliphatic hydroxyl groups excluding tert-OH is 1. The molecule has 0 aromatic heterocycles. The van der Waals surface area contributed by atoms with Gasteiger partial charge in [-0.15, -0.1) is 0 Å². The zero-order valence-corrected chi connectivity index (χ0v) is 20.4. The summed E-state index contributed by atoms with van der Waals surface area (Å²) in [6.45, 7) is 5.32. The van der Waals surface area contributed by atoms with Crippen LogP contribution >= 0.6 is 11.8 Å². The third-order valence-corrected chi connectivity index (χ3v) is 6.78. The van der Waals surface area contributed by atoms with E-state index in [1.807, 2.05) is 17.8 Å². The molecule has 0 atom stereocenters. The maximum atomic E-state index is 9.55. The highest BCUT2D eigenvalue weighted by Gasteiger charge is 2.24. The van der Waals surface area contributed by atoms with Crippen LogP contribution in [-0.4, -0.2) is 83.5 Å². The highest BCUT2D eigenvalue weighted by atomic mass is 32.2. The smallest absolute Gasteiger partial charge is 0.328 e. The van der Waals surface area contributed by atoms with E-state index in [0.29, 0.717) is 12.2 Å². The Morgan fingerprint density at radius 2 is 1.69 bits per heavy atom. The number of hydrogen-bond acceptors (Lipinski definition) is 7. The van der Waals surface area contributed by atoms with Crippen LogP contribution < -0.4 is 4.74 Å². The fraction of sp³-hybridized carbons (Fsp3) is 0.308. The molecule has 9 heteroatoms. The van der Waals surface area contributed by atoms with Crippen molar-refractivity contribution in [2.75, 3.05) is 46.4 Å². The number of methoxy groups -OCH3 is 1. The molecule has 0 saturated carbocycles. The maximum Gasteiger partial charge on any atom is 0.328 e. The topological polar surface area (TPSA) is 111 Å². The van der Waals surface area contributed by atoms with E-state index in [9.17, 15) is 9.59 Å². The lowest BCUT2D eigenvalue weighted by Crippen LogP contribution is -2.45. The number of carbonyl (C=O) groups is 2. The van der Waals surface area contributed by atoms with Gasteiger partial charge in [-0.1, -0.05) is 30.0 Å². The molecule has 0 radical (unpaired) electrons. The average molecular weight is 499 g/mol. The highest BCUT2D eigenvalue weighted by molar-refractivity contribution is 7.99. The Morgan fingerprint density at radius 1 is 1.00 bits per heavy atom. The Bertz CT molecular complexity index is 1080. The van der Waals surface area contributed by atoms with Gasteiger partial charge < -0.3 is 25.0 Å². The molecule has 186 valence electrons. The van der Waals surface area contributed by atoms with Gasteiger partial charge in [0, 0.05) is 72.5 Å². The van der Waals surface area contributed by atoms with Crippen molar-refractivity contribution >= 4 is 35.5 Å². The predicted molar refractivity (Wildman–Crippen MR) is 136 cm³/mol. The molecular formula is C26H30N2O6S. The molecule has 2 aliphatic rings. The lowest BCUT2D eigenvalue weighted by atomic mass is 10.1. The standard InChI is InChI=1S/C22H26N2O2S.C4H4O4/c1-26-18-7-8-22-19(16-18)20(15-17-5-2-3-6-21(17)27-22)24-12-10-23(11-13-24)9-4-14-25;5-3(6)1-2-4(7)8/h2-3,5-8,15-16,25H,4,9-14H2,1H3;1-2H,(H,5,6)(H,7,8)/b;2-1-. The molecular weight excluding hydrogens is 468 g/mol. The van der Waals surface area contributed by atoms with Gasteiger partial charge in [-0.2, -0.15) is 0 Å². The van der Waals surface area contributed by atoms with Crippen LogP contribution in [0.1, 0.15) is 17.5 Å². The van der Waals surface area contributed by atoms with Gasteiger partial charge >= 0.3 is 11.9 Å². The van der Waals surface area contributed by atoms with E-state index < -0.39 is 11.9 Å². The fourth-order valence-corrected chi connectivity index (χ4v) is 4.91. The minimum Gasteiger partial charge on any atom is -0.497 e. The normalized spacial score (nSPS) is 15.3. The number of nitrogens with zero attached hydrogens (tertiary/aromatic N) is 2. The summed E-state index contributed by atoms with van der Waals surface area (Å²) in [5.41, 5.74) is 3.80. The molecule has 0 amide bonds. The number of rotatable bonds is 7. The zero-order chi connectivity index (χ0) is 25.2. The number of ether oxygens (including phenoxy) is 1. The Kier molecular flexibility index (Phi) is 9.77. The van der Waals surface area contributed by atoms with E-state index >= 15 is 0 Å². The molecule has 0 unspecified atom stereocenters. The van der Waals surface area contributed by atoms with Gasteiger partial charge in [-0.3, -0.25) is 4.90 Å². The van der Waals surface area contributed by atoms with Crippen molar-refractivity contribution in [1.82, 2.24) is 9.80 Å². The number of carboxylic acids is 2. The van der Waals surface area contributed by atoms with Crippen molar-refractivity contribution in [2.45, 2.75) is 16.2 Å². The number of piperazine rings is 1. The highest BCUT2D eigenvalue weighted by Crippen LogP contribution is 2.42. The second kappa shape index (κ2) is 13.0. The minimum atomic E-state index is -1.26. The van der Waals surface area contributed by atoms with Crippen LogP contribution in [0.5, 0.6) is 5.75 Å².